The first-order valence-corrected chi connectivity index (χ1v) is 13.4. The van der Waals surface area contributed by atoms with E-state index in [1.54, 1.807) is 12.2 Å². The molecular weight excluding hydrogens is 488 g/mol. The van der Waals surface area contributed by atoms with Gasteiger partial charge in [0.25, 0.3) is 0 Å². The van der Waals surface area contributed by atoms with E-state index < -0.39 is 24.4 Å². The van der Waals surface area contributed by atoms with Gasteiger partial charge in [0, 0.05) is 0 Å². The molecule has 0 saturated heterocycles. The fourth-order valence-electron chi connectivity index (χ4n) is 3.13. The molecule has 39 heavy (non-hydrogen) atoms. The molecule has 0 radical (unpaired) electrons. The van der Waals surface area contributed by atoms with Crippen molar-refractivity contribution in [2.24, 2.45) is 0 Å². The van der Waals surface area contributed by atoms with Gasteiger partial charge in [0.2, 0.25) is 0 Å². The lowest BCUT2D eigenvalue weighted by Crippen LogP contribution is -1.97. The van der Waals surface area contributed by atoms with Gasteiger partial charge in [0.05, 0.1) is 0 Å². The molecule has 0 fully saturated rings. The average molecular weight is 531 g/mol. The molecule has 0 saturated carbocycles. The van der Waals surface area contributed by atoms with Crippen molar-refractivity contribution in [3.8, 4) is 47.4 Å². The van der Waals surface area contributed by atoms with Gasteiger partial charge in [-0.25, -0.2) is 0 Å². The monoisotopic (exact) mass is 530 g/mol. The van der Waals surface area contributed by atoms with Gasteiger partial charge >= 0.3 is 0 Å². The van der Waals surface area contributed by atoms with E-state index in [0.29, 0.717) is 0 Å². The lowest BCUT2D eigenvalue weighted by atomic mass is 10.0. The van der Waals surface area contributed by atoms with Crippen molar-refractivity contribution in [1.29, 1.82) is 0 Å². The summed E-state index contributed by atoms with van der Waals surface area (Å²) in [6.45, 7) is 6.81. The molecular formula is C34H42O5. The Bertz CT molecular complexity index is 1050. The number of rotatable bonds is 18. The Hall–Kier alpha value is -3.55. The molecule has 4 N–H and O–H groups in total. The number of aliphatic hydroxyl groups excluding tert-OH is 4. The van der Waals surface area contributed by atoms with Gasteiger partial charge in [-0.2, -0.15) is 0 Å². The van der Waals surface area contributed by atoms with E-state index >= 15 is 0 Å². The lowest BCUT2D eigenvalue weighted by molar-refractivity contribution is -0.105. The van der Waals surface area contributed by atoms with Gasteiger partial charge in [0.1, 0.15) is 30.7 Å². The maximum atomic E-state index is 11.3. The molecule has 0 aliphatic carbocycles. The van der Waals surface area contributed by atoms with Crippen LogP contribution in [0.15, 0.2) is 61.3 Å². The fraction of sp³-hybridized carbons (Fsp3) is 0.441. The fourth-order valence-corrected chi connectivity index (χ4v) is 3.13. The first-order valence-electron chi connectivity index (χ1n) is 13.4. The third-order valence-electron chi connectivity index (χ3n) is 5.31. The van der Waals surface area contributed by atoms with Gasteiger partial charge in [-0.15, -0.1) is 0 Å². The number of unbranched alkanes of at least 4 members (excludes halogenated alkanes) is 8. The molecule has 4 unspecified atom stereocenters. The highest BCUT2D eigenvalue weighted by Crippen LogP contribution is 2.12. The maximum Gasteiger partial charge on any atom is 0.145 e. The summed E-state index contributed by atoms with van der Waals surface area (Å²) >= 11 is 0. The van der Waals surface area contributed by atoms with Crippen molar-refractivity contribution in [3.63, 3.8) is 0 Å². The second-order valence-electron chi connectivity index (χ2n) is 8.67. The van der Waals surface area contributed by atoms with Crippen LogP contribution in [0.5, 0.6) is 0 Å². The molecule has 0 rings (SSSR count). The molecule has 0 bridgehead atoms. The van der Waals surface area contributed by atoms with Crippen molar-refractivity contribution in [2.45, 2.75) is 95.0 Å². The summed E-state index contributed by atoms with van der Waals surface area (Å²) in [6.07, 6.45) is 19.7. The van der Waals surface area contributed by atoms with Crippen molar-refractivity contribution in [3.05, 3.63) is 61.3 Å². The third kappa shape index (κ3) is 24.5. The first-order chi connectivity index (χ1) is 18.9. The second-order valence-corrected chi connectivity index (χ2v) is 8.67. The molecule has 4 atom stereocenters. The minimum Gasteiger partial charge on any atom is -0.377 e. The average Bonchev–Trinajstić information content (AvgIpc) is 2.94. The molecule has 208 valence electrons. The molecule has 0 aliphatic rings. The second kappa shape index (κ2) is 26.1. The molecule has 5 heteroatoms. The molecule has 5 nitrogen and oxygen atoms in total. The van der Waals surface area contributed by atoms with Crippen LogP contribution < -0.4 is 0 Å². The van der Waals surface area contributed by atoms with E-state index in [-0.39, 0.29) is 0 Å². The predicted octanol–water partition coefficient (Wildman–Crippen LogP) is 4.34. The van der Waals surface area contributed by atoms with Gasteiger partial charge in [-0.05, 0) is 92.8 Å². The van der Waals surface area contributed by atoms with E-state index in [0.717, 1.165) is 82.5 Å². The number of carbonyl (C=O) groups is 1. The van der Waals surface area contributed by atoms with Crippen LogP contribution in [-0.4, -0.2) is 51.1 Å². The Morgan fingerprint density at radius 2 is 1.00 bits per heavy atom. The Labute approximate surface area is 235 Å². The SMILES string of the molecule is C=CC(O)C#CC#CC(O)C=CCCCCCCC=C(C=O)CCCCCC=CC(O)C#CC#CC(O)C=C. The highest BCUT2D eigenvalue weighted by molar-refractivity contribution is 5.72. The minimum atomic E-state index is -0.910. The van der Waals surface area contributed by atoms with Crippen LogP contribution in [0.2, 0.25) is 0 Å². The van der Waals surface area contributed by atoms with Crippen molar-refractivity contribution in [2.75, 3.05) is 0 Å². The van der Waals surface area contributed by atoms with E-state index in [4.69, 9.17) is 0 Å². The molecule has 0 aromatic carbocycles. The first kappa shape index (κ1) is 35.5. The Morgan fingerprint density at radius 1 is 0.590 bits per heavy atom. The Kier molecular flexibility index (Phi) is 23.7. The number of hydrogen-bond donors (Lipinski definition) is 4. The van der Waals surface area contributed by atoms with Crippen LogP contribution >= 0.6 is 0 Å². The zero-order chi connectivity index (χ0) is 29.0. The summed E-state index contributed by atoms with van der Waals surface area (Å²) < 4.78 is 0. The number of allylic oxidation sites excluding steroid dienone is 4. The topological polar surface area (TPSA) is 98.0 Å². The van der Waals surface area contributed by atoms with E-state index in [2.05, 4.69) is 60.5 Å². The van der Waals surface area contributed by atoms with E-state index in [1.807, 2.05) is 18.2 Å². The van der Waals surface area contributed by atoms with Crippen molar-refractivity contribution in [1.82, 2.24) is 0 Å². The van der Waals surface area contributed by atoms with Crippen LogP contribution in [-0.2, 0) is 4.79 Å². The highest BCUT2D eigenvalue weighted by atomic mass is 16.3. The molecule has 0 aromatic rings. The third-order valence-corrected chi connectivity index (χ3v) is 5.31. The van der Waals surface area contributed by atoms with Gasteiger partial charge in [-0.3, -0.25) is 4.79 Å². The number of aliphatic hydroxyl groups is 4. The van der Waals surface area contributed by atoms with Gasteiger partial charge < -0.3 is 20.4 Å². The van der Waals surface area contributed by atoms with E-state index in [1.165, 1.54) is 12.2 Å². The smallest absolute Gasteiger partial charge is 0.145 e. The molecule has 0 spiro atoms. The molecule has 0 amide bonds. The summed E-state index contributed by atoms with van der Waals surface area (Å²) in [5.74, 6) is 20.0. The van der Waals surface area contributed by atoms with Crippen molar-refractivity contribution < 1.29 is 25.2 Å². The zero-order valence-electron chi connectivity index (χ0n) is 22.8. The minimum absolute atomic E-state index is 0.785. The predicted molar refractivity (Wildman–Crippen MR) is 159 cm³/mol. The summed E-state index contributed by atoms with van der Waals surface area (Å²) in [7, 11) is 0. The summed E-state index contributed by atoms with van der Waals surface area (Å²) in [5, 5.41) is 37.8. The van der Waals surface area contributed by atoms with Crippen LogP contribution in [0, 0.1) is 47.4 Å². The summed E-state index contributed by atoms with van der Waals surface area (Å²) in [6, 6.07) is 0. The largest absolute Gasteiger partial charge is 0.377 e. The molecule has 0 heterocycles. The normalized spacial score (nSPS) is 13.8. The van der Waals surface area contributed by atoms with Crippen LogP contribution in [0.1, 0.15) is 70.6 Å². The quantitative estimate of drug-likeness (QED) is 0.0695. The Morgan fingerprint density at radius 3 is 1.44 bits per heavy atom. The maximum absolute atomic E-state index is 11.3. The summed E-state index contributed by atoms with van der Waals surface area (Å²) in [4.78, 5) is 11.3. The van der Waals surface area contributed by atoms with E-state index in [9.17, 15) is 25.2 Å². The Balaban J connectivity index is 3.93. The van der Waals surface area contributed by atoms with Crippen LogP contribution in [0.3, 0.4) is 0 Å². The van der Waals surface area contributed by atoms with Gasteiger partial charge in [0.15, 0.2) is 0 Å². The molecule has 0 aliphatic heterocycles. The zero-order valence-corrected chi connectivity index (χ0v) is 22.8. The number of hydrogen-bond acceptors (Lipinski definition) is 5. The number of aldehydes is 1. The number of carbonyl (C=O) groups excluding carboxylic acids is 1. The van der Waals surface area contributed by atoms with Crippen LogP contribution in [0.4, 0.5) is 0 Å². The van der Waals surface area contributed by atoms with Gasteiger partial charge in [-0.1, -0.05) is 86.5 Å². The standard InChI is InChI=1S/C34H42O5/c1-3-31(36)23-17-19-27-33(38)25-15-11-7-5-6-9-13-21-30(29-35)22-14-10-8-12-16-26-34(39)28-20-18-24-32(37)4-2/h3-4,15-16,21,25-26,29,31-34,36-39H,1-2,5-14,22H2. The summed E-state index contributed by atoms with van der Waals surface area (Å²) in [5.41, 5.74) is 0.862. The molecule has 0 aromatic heterocycles. The lowest BCUT2D eigenvalue weighted by Gasteiger charge is -2.02. The van der Waals surface area contributed by atoms with Crippen LogP contribution in [0.25, 0.3) is 0 Å². The highest BCUT2D eigenvalue weighted by Gasteiger charge is 1.97. The van der Waals surface area contributed by atoms with Crippen molar-refractivity contribution >= 4 is 6.29 Å².